The number of fused-ring (bicyclic) bond motifs is 1. The van der Waals surface area contributed by atoms with Crippen LogP contribution in [-0.4, -0.2) is 53.5 Å². The molecular weight excluding hydrogens is 420 g/mol. The van der Waals surface area contributed by atoms with E-state index in [4.69, 9.17) is 15.0 Å². The first kappa shape index (κ1) is 20.0. The van der Waals surface area contributed by atoms with Gasteiger partial charge in [0.2, 0.25) is 5.91 Å². The third-order valence-corrected chi connectivity index (χ3v) is 6.50. The summed E-state index contributed by atoms with van der Waals surface area (Å²) in [5.74, 6) is -2.35. The lowest BCUT2D eigenvalue weighted by Crippen LogP contribution is -2.55. The highest BCUT2D eigenvalue weighted by molar-refractivity contribution is 5.89. The fourth-order valence-corrected chi connectivity index (χ4v) is 4.93. The summed E-state index contributed by atoms with van der Waals surface area (Å²) >= 11 is 0. The number of rotatable bonds is 10. The van der Waals surface area contributed by atoms with E-state index in [-0.39, 0.29) is 31.6 Å². The minimum Gasteiger partial charge on any atom is -0.465 e. The molecule has 0 radical (unpaired) electrons. The van der Waals surface area contributed by atoms with Gasteiger partial charge in [0.25, 0.3) is 0 Å². The van der Waals surface area contributed by atoms with E-state index >= 15 is 0 Å². The van der Waals surface area contributed by atoms with Gasteiger partial charge in [-0.2, -0.15) is 0 Å². The molecule has 1 heterocycles. The molecule has 1 aliphatic carbocycles. The maximum absolute atomic E-state index is 14.0. The zero-order chi connectivity index (χ0) is 27.2. The summed E-state index contributed by atoms with van der Waals surface area (Å²) in [6.07, 6.45) is 4.28. The molecular formula is C26H38N2O5. The highest BCUT2D eigenvalue weighted by Gasteiger charge is 2.49. The molecule has 1 saturated carbocycles. The van der Waals surface area contributed by atoms with E-state index in [1.54, 1.807) is 6.92 Å². The quantitative estimate of drug-likeness (QED) is 0.535. The van der Waals surface area contributed by atoms with Crippen molar-refractivity contribution in [1.29, 1.82) is 0 Å². The first-order valence-corrected chi connectivity index (χ1v) is 12.0. The number of hydrogen-bond acceptors (Lipinski definition) is 6. The summed E-state index contributed by atoms with van der Waals surface area (Å²) in [6, 6.07) is 3.80. The Hall–Kier alpha value is -2.41. The molecule has 1 aliphatic heterocycles. The highest BCUT2D eigenvalue weighted by atomic mass is 16.5. The normalized spacial score (nSPS) is 27.1. The number of benzene rings is 1. The third-order valence-electron chi connectivity index (χ3n) is 6.50. The molecule has 1 N–H and O–H groups in total. The average molecular weight is 463 g/mol. The Morgan fingerprint density at radius 2 is 1.94 bits per heavy atom. The van der Waals surface area contributed by atoms with Gasteiger partial charge < -0.3 is 14.4 Å². The third kappa shape index (κ3) is 6.34. The number of nitrogens with zero attached hydrogens (tertiary/aromatic N) is 1. The largest absolute Gasteiger partial charge is 0.465 e. The molecule has 1 saturated heterocycles. The molecule has 33 heavy (non-hydrogen) atoms. The van der Waals surface area contributed by atoms with Crippen LogP contribution in [0.2, 0.25) is 0 Å². The van der Waals surface area contributed by atoms with Gasteiger partial charge in [-0.3, -0.25) is 14.9 Å². The highest BCUT2D eigenvalue weighted by Crippen LogP contribution is 2.40. The first-order chi connectivity index (χ1) is 17.5. The van der Waals surface area contributed by atoms with Crippen LogP contribution in [0.3, 0.4) is 0 Å². The summed E-state index contributed by atoms with van der Waals surface area (Å²) in [4.78, 5) is 41.1. The van der Waals surface area contributed by atoms with E-state index in [1.807, 2.05) is 37.3 Å². The number of ether oxygens (including phenoxy) is 2. The molecule has 1 aromatic rings. The smallest absolute Gasteiger partial charge is 0.329 e. The molecule has 0 aromatic heterocycles. The molecule has 0 spiro atoms. The zero-order valence-corrected chi connectivity index (χ0v) is 19.5. The Bertz CT molecular complexity index is 945. The van der Waals surface area contributed by atoms with Crippen LogP contribution in [0.5, 0.6) is 0 Å². The minimum atomic E-state index is -3.12. The molecule has 0 bridgehead atoms. The first-order valence-electron chi connectivity index (χ1n) is 14.0. The standard InChI is InChI=1S/C26H38N2O5/c1-4-11-21(25(30)32-5-2)27-18(3)24(29)28-22-15-10-9-14-20(22)16-23(28)26(31)33-17-19-12-7-6-8-13-19/h6-8,12-13,18,20-23,27H,4-5,9-11,14-17H2,1-3H3/t18-,20-,21+,22-,23-/m0/s1/i3D3,18D. The van der Waals surface area contributed by atoms with Crippen LogP contribution in [0.4, 0.5) is 0 Å². The van der Waals surface area contributed by atoms with Gasteiger partial charge in [-0.05, 0) is 50.9 Å². The van der Waals surface area contributed by atoms with Crippen LogP contribution < -0.4 is 5.32 Å². The molecule has 2 aliphatic rings. The number of carbonyl (C=O) groups is 3. The Morgan fingerprint density at radius 1 is 1.18 bits per heavy atom. The van der Waals surface area contributed by atoms with E-state index in [2.05, 4.69) is 5.32 Å². The Kier molecular flexibility index (Phi) is 7.37. The summed E-state index contributed by atoms with van der Waals surface area (Å²) in [5, 5.41) is 2.53. The van der Waals surface area contributed by atoms with E-state index in [1.165, 1.54) is 4.90 Å². The van der Waals surface area contributed by atoms with Crippen LogP contribution in [-0.2, 0) is 30.5 Å². The minimum absolute atomic E-state index is 0.0179. The average Bonchev–Trinajstić information content (AvgIpc) is 3.26. The van der Waals surface area contributed by atoms with Crippen LogP contribution >= 0.6 is 0 Å². The molecule has 2 fully saturated rings. The number of nitrogens with one attached hydrogen (secondary N) is 1. The lowest BCUT2D eigenvalue weighted by Gasteiger charge is -2.35. The van der Waals surface area contributed by atoms with Crippen LogP contribution in [0.1, 0.15) is 76.7 Å². The van der Waals surface area contributed by atoms with E-state index in [0.29, 0.717) is 19.3 Å². The second kappa shape index (κ2) is 12.2. The predicted molar refractivity (Wildman–Crippen MR) is 125 cm³/mol. The van der Waals surface area contributed by atoms with Gasteiger partial charge >= 0.3 is 11.9 Å². The van der Waals surface area contributed by atoms with Crippen molar-refractivity contribution in [3.63, 3.8) is 0 Å². The topological polar surface area (TPSA) is 84.9 Å². The van der Waals surface area contributed by atoms with Crippen molar-refractivity contribution in [2.24, 2.45) is 5.92 Å². The fraction of sp³-hybridized carbons (Fsp3) is 0.654. The van der Waals surface area contributed by atoms with Crippen molar-refractivity contribution in [2.75, 3.05) is 6.61 Å². The van der Waals surface area contributed by atoms with Gasteiger partial charge in [0, 0.05) is 10.2 Å². The molecule has 7 heteroatoms. The number of esters is 2. The predicted octanol–water partition coefficient (Wildman–Crippen LogP) is 3.60. The summed E-state index contributed by atoms with van der Waals surface area (Å²) in [6.45, 7) is 0.427. The number of carbonyl (C=O) groups excluding carboxylic acids is 3. The van der Waals surface area contributed by atoms with Crippen molar-refractivity contribution in [1.82, 2.24) is 10.2 Å². The zero-order valence-electron chi connectivity index (χ0n) is 23.5. The maximum Gasteiger partial charge on any atom is 0.329 e. The van der Waals surface area contributed by atoms with Crippen molar-refractivity contribution in [2.45, 2.75) is 96.4 Å². The molecule has 3 rings (SSSR count). The fourth-order valence-electron chi connectivity index (χ4n) is 4.93. The van der Waals surface area contributed by atoms with Gasteiger partial charge in [0.1, 0.15) is 18.7 Å². The van der Waals surface area contributed by atoms with Crippen LogP contribution in [0.25, 0.3) is 0 Å². The van der Waals surface area contributed by atoms with Gasteiger partial charge in [0.15, 0.2) is 0 Å². The number of hydrogen-bond donors (Lipinski definition) is 1. The maximum atomic E-state index is 14.0. The van der Waals surface area contributed by atoms with Crippen molar-refractivity contribution >= 4 is 17.8 Å². The molecule has 1 aromatic carbocycles. The van der Waals surface area contributed by atoms with E-state index < -0.39 is 42.8 Å². The molecule has 5 atom stereocenters. The molecule has 7 nitrogen and oxygen atoms in total. The summed E-state index contributed by atoms with van der Waals surface area (Å²) in [5.41, 5.74) is 0.792. The lowest BCUT2D eigenvalue weighted by molar-refractivity contribution is -0.157. The Morgan fingerprint density at radius 3 is 2.64 bits per heavy atom. The Balaban J connectivity index is 1.91. The van der Waals surface area contributed by atoms with E-state index in [9.17, 15) is 14.4 Å². The van der Waals surface area contributed by atoms with Gasteiger partial charge in [0.05, 0.1) is 14.0 Å². The van der Waals surface area contributed by atoms with Crippen molar-refractivity contribution in [3.05, 3.63) is 35.9 Å². The number of amides is 1. The van der Waals surface area contributed by atoms with Crippen molar-refractivity contribution < 1.29 is 29.3 Å². The molecule has 1 amide bonds. The van der Waals surface area contributed by atoms with Crippen LogP contribution in [0.15, 0.2) is 30.3 Å². The van der Waals surface area contributed by atoms with Crippen molar-refractivity contribution in [3.8, 4) is 0 Å². The SMILES string of the molecule is [2H]C([2H])([2H])[C@]([2H])(N[C@H](CCC)C(=O)OCC)C(=O)N1[C@H](C(=O)OCc2ccccc2)C[C@@H]2CCCC[C@@H]21. The van der Waals surface area contributed by atoms with Crippen LogP contribution in [0, 0.1) is 5.92 Å². The van der Waals surface area contributed by atoms with Gasteiger partial charge in [-0.15, -0.1) is 0 Å². The molecule has 0 unspecified atom stereocenters. The summed E-state index contributed by atoms with van der Waals surface area (Å²) < 4.78 is 43.9. The lowest BCUT2D eigenvalue weighted by atomic mass is 9.84. The number of likely N-dealkylation sites (tertiary alicyclic amines) is 1. The molecule has 182 valence electrons. The summed E-state index contributed by atoms with van der Waals surface area (Å²) in [7, 11) is 0. The Labute approximate surface area is 202 Å². The van der Waals surface area contributed by atoms with Gasteiger partial charge in [-0.1, -0.05) is 56.5 Å². The second-order valence-corrected chi connectivity index (χ2v) is 8.78. The second-order valence-electron chi connectivity index (χ2n) is 8.78. The monoisotopic (exact) mass is 462 g/mol. The van der Waals surface area contributed by atoms with Gasteiger partial charge in [-0.25, -0.2) is 4.79 Å². The van der Waals surface area contributed by atoms with E-state index in [0.717, 1.165) is 24.8 Å².